The van der Waals surface area contributed by atoms with E-state index in [-0.39, 0.29) is 130 Å². The van der Waals surface area contributed by atoms with Crippen LogP contribution in [0.15, 0.2) is 0 Å². The molecule has 9 amide bonds. The van der Waals surface area contributed by atoms with Crippen molar-refractivity contribution in [3.8, 4) is 0 Å². The van der Waals surface area contributed by atoms with Gasteiger partial charge in [-0.15, -0.1) is 0 Å². The van der Waals surface area contributed by atoms with Gasteiger partial charge >= 0.3 is 0 Å². The molecule has 0 aliphatic carbocycles. The van der Waals surface area contributed by atoms with Crippen LogP contribution in [0.5, 0.6) is 0 Å². The van der Waals surface area contributed by atoms with Crippen LogP contribution in [0.2, 0.25) is 0 Å². The number of aliphatic hydroxyl groups is 9. The second-order valence-corrected chi connectivity index (χ2v) is 27.1. The first kappa shape index (κ1) is 76.6. The molecule has 0 bridgehead atoms. The zero-order chi connectivity index (χ0) is 64.1. The fourth-order valence-corrected chi connectivity index (χ4v) is 19.2. The van der Waals surface area contributed by atoms with Gasteiger partial charge in [0.1, 0.15) is 19.8 Å². The van der Waals surface area contributed by atoms with Crippen LogP contribution in [0.1, 0.15) is 67.7 Å². The molecule has 0 heterocycles. The van der Waals surface area contributed by atoms with E-state index in [9.17, 15) is 84.3 Å². The Hall–Kier alpha value is -1.63. The van der Waals surface area contributed by atoms with Gasteiger partial charge in [0.15, 0.2) is 0 Å². The average molecular weight is 2080 g/mol. The van der Waals surface area contributed by atoms with E-state index < -0.39 is 111 Å². The molecule has 12 N–H and O–H groups in total. The Kier molecular flexibility index (Phi) is 32.0. The zero-order valence-electron chi connectivity index (χ0n) is 45.3. The van der Waals surface area contributed by atoms with E-state index in [2.05, 4.69) is 16.0 Å². The van der Waals surface area contributed by atoms with Crippen LogP contribution in [-0.4, -0.2) is 268 Å². The molecule has 3 atom stereocenters. The van der Waals surface area contributed by atoms with Crippen molar-refractivity contribution in [3.63, 3.8) is 0 Å². The summed E-state index contributed by atoms with van der Waals surface area (Å²) in [4.78, 5) is 133. The second-order valence-electron chi connectivity index (χ2n) is 18.4. The molecule has 3 rings (SSSR count). The molecule has 35 heteroatoms. The molecule has 0 aromatic heterocycles. The maximum absolute atomic E-state index is 15.6. The van der Waals surface area contributed by atoms with Crippen LogP contribution in [0.3, 0.4) is 0 Å². The van der Waals surface area contributed by atoms with E-state index in [1.54, 1.807) is 136 Å². The van der Waals surface area contributed by atoms with E-state index in [0.29, 0.717) is 0 Å². The lowest BCUT2D eigenvalue weighted by molar-refractivity contribution is -0.119. The number of halogens is 8. The molecular weight excluding hydrogens is 2020 g/mol. The Morgan fingerprint density at radius 2 is 0.595 bits per heavy atom. The highest BCUT2D eigenvalue weighted by atomic mass is 127. The minimum Gasteiger partial charge on any atom is -0.394 e. The van der Waals surface area contributed by atoms with Crippen molar-refractivity contribution in [1.82, 2.24) is 29.4 Å². The third kappa shape index (κ3) is 18.7. The van der Waals surface area contributed by atoms with Crippen molar-refractivity contribution >= 4 is 251 Å². The Morgan fingerprint density at radius 1 is 0.357 bits per heavy atom. The van der Waals surface area contributed by atoms with Crippen molar-refractivity contribution in [2.45, 2.75) is 25.2 Å². The number of carbonyl (C=O) groups is 9. The fraction of sp³-hybridized carbons (Fsp3) is 0.449. The molecule has 27 nitrogen and oxygen atoms in total. The van der Waals surface area contributed by atoms with Crippen molar-refractivity contribution in [3.05, 3.63) is 67.5 Å². The summed E-state index contributed by atoms with van der Waals surface area (Å²) in [6.45, 7) is -5.82. The molecule has 3 aromatic rings. The molecule has 464 valence electrons. The third-order valence-electron chi connectivity index (χ3n) is 12.3. The van der Waals surface area contributed by atoms with Gasteiger partial charge < -0.3 is 91.3 Å². The highest BCUT2D eigenvalue weighted by Crippen LogP contribution is 2.40. The average Bonchev–Trinajstić information content (AvgIpc) is 2.94. The van der Waals surface area contributed by atoms with Crippen molar-refractivity contribution in [2.24, 2.45) is 0 Å². The number of nitrogens with zero attached hydrogens (tertiary/aromatic N) is 6. The maximum Gasteiger partial charge on any atom is 0.255 e. The Bertz CT molecular complexity index is 2920. The number of rotatable bonds is 27. The highest BCUT2D eigenvalue weighted by Gasteiger charge is 2.36. The number of amides is 9. The van der Waals surface area contributed by atoms with Crippen LogP contribution in [0.25, 0.3) is 0 Å². The molecule has 0 fully saturated rings. The van der Waals surface area contributed by atoms with Gasteiger partial charge in [-0.3, -0.25) is 43.2 Å². The number of carbonyl (C=O) groups excluding carboxylic acids is 9. The van der Waals surface area contributed by atoms with Gasteiger partial charge in [0.05, 0.1) is 106 Å². The van der Waals surface area contributed by atoms with Gasteiger partial charge in [0, 0.05) is 91.8 Å². The monoisotopic (exact) mass is 2080 g/mol. The lowest BCUT2D eigenvalue weighted by atomic mass is 10.00. The van der Waals surface area contributed by atoms with E-state index in [1.807, 2.05) is 45.2 Å². The van der Waals surface area contributed by atoms with Crippen LogP contribution >= 0.6 is 181 Å². The molecule has 0 spiro atoms. The molecule has 0 aliphatic rings. The molecule has 0 aliphatic heterocycles. The summed E-state index contributed by atoms with van der Waals surface area (Å²) in [5.41, 5.74) is -0.528. The molecule has 84 heavy (non-hydrogen) atoms. The minimum absolute atomic E-state index is 0.00421. The smallest absolute Gasteiger partial charge is 0.255 e. The molecule has 3 unspecified atom stereocenters. The normalized spacial score (nSPS) is 12.2. The van der Waals surface area contributed by atoms with E-state index in [4.69, 9.17) is 0 Å². The summed E-state index contributed by atoms with van der Waals surface area (Å²) in [6, 6.07) is 0. The topological polar surface area (TPSA) is 391 Å². The first-order chi connectivity index (χ1) is 39.2. The molecule has 0 saturated carbocycles. The van der Waals surface area contributed by atoms with E-state index >= 15 is 4.79 Å². The van der Waals surface area contributed by atoms with Crippen LogP contribution in [0.4, 0.5) is 17.1 Å². The van der Waals surface area contributed by atoms with Gasteiger partial charge in [-0.25, -0.2) is 0 Å². The largest absolute Gasteiger partial charge is 0.394 e. The Morgan fingerprint density at radius 3 is 0.857 bits per heavy atom. The van der Waals surface area contributed by atoms with Gasteiger partial charge in [0.2, 0.25) is 17.7 Å². The lowest BCUT2D eigenvalue weighted by Crippen LogP contribution is -2.45. The first-order valence-corrected chi connectivity index (χ1v) is 33.0. The third-order valence-corrected chi connectivity index (χ3v) is 20.9. The number of hydrogen-bond donors (Lipinski definition) is 12. The maximum atomic E-state index is 15.6. The quantitative estimate of drug-likeness (QED) is 0.0472. The molecule has 0 saturated heterocycles. The van der Waals surface area contributed by atoms with Crippen molar-refractivity contribution in [1.29, 1.82) is 0 Å². The number of likely N-dealkylation sites (N-methyl/N-ethyl adjacent to an activating group) is 5. The summed E-state index contributed by atoms with van der Waals surface area (Å²) in [7, 11) is 6.80. The number of anilines is 3. The molecular formula is C49H59I8N9O18. The SMILES string of the molecule is Cc1c(NC(=O)CO)c(I)c(C(=O)N(C)CC(O)CO)c(I)c1C(=O)N(CCN(C)C(=O)c1c(I)c(NC(=O)CO)c(I)c(C(=O)N(C)CC(O)CO)c1I)CCN(C)C(=O)c1c(I)c(NC(=O)CO)c(I)c(C(=O)N(C)CC(O)CO)c1I. The second kappa shape index (κ2) is 35.1. The summed E-state index contributed by atoms with van der Waals surface area (Å²) >= 11 is 14.4. The van der Waals surface area contributed by atoms with Crippen LogP contribution < -0.4 is 16.0 Å². The van der Waals surface area contributed by atoms with Gasteiger partial charge in [0.25, 0.3) is 35.4 Å². The summed E-state index contributed by atoms with van der Waals surface area (Å²) in [5.74, 6) is -7.13. The van der Waals surface area contributed by atoms with Crippen molar-refractivity contribution < 1.29 is 89.1 Å². The number of aliphatic hydroxyl groups excluding tert-OH is 9. The van der Waals surface area contributed by atoms with Crippen LogP contribution in [0, 0.1) is 35.5 Å². The number of hydrogen-bond acceptors (Lipinski definition) is 18. The Labute approximate surface area is 591 Å². The fourth-order valence-electron chi connectivity index (χ4n) is 7.77. The summed E-state index contributed by atoms with van der Waals surface area (Å²) in [6.07, 6.45) is -4.02. The first-order valence-electron chi connectivity index (χ1n) is 24.3. The standard InChI is InChI=1S/C49H59I8N9O18/c1-20-27(33(50)28(36(53)41(20)58-24(76)17-70)46(81)63(4)11-21(73)14-67)49(84)66(9-7-61(2)44(79)29-34(51)31(47(82)64(5)12-22(74)15-68)39(56)42(37(29)54)59-25(77)18-71)10-8-62(3)45(80)30-35(52)32(48(83)65(6)13-23(75)16-69)40(57)43(38(30)55)60-26(78)19-72/h21-23,67-75H,7-19H2,1-6H3,(H,58,76)(H,59,77)(H,60,78). The van der Waals surface area contributed by atoms with E-state index in [1.165, 1.54) is 56.9 Å². The molecule has 0 radical (unpaired) electrons. The highest BCUT2D eigenvalue weighted by molar-refractivity contribution is 14.1. The predicted octanol–water partition coefficient (Wildman–Crippen LogP) is 0.886. The Balaban J connectivity index is 2.38. The van der Waals surface area contributed by atoms with Gasteiger partial charge in [-0.2, -0.15) is 0 Å². The minimum atomic E-state index is -1.36. The van der Waals surface area contributed by atoms with E-state index in [0.717, 1.165) is 14.7 Å². The van der Waals surface area contributed by atoms with Crippen LogP contribution in [-0.2, 0) is 14.4 Å². The summed E-state index contributed by atoms with van der Waals surface area (Å²) in [5, 5.41) is 96.1. The number of benzene rings is 3. The lowest BCUT2D eigenvalue weighted by Gasteiger charge is -2.31. The van der Waals surface area contributed by atoms with Gasteiger partial charge in [-0.05, 0) is 193 Å². The molecule has 3 aromatic carbocycles. The van der Waals surface area contributed by atoms with Crippen molar-refractivity contribution in [2.75, 3.05) is 137 Å². The summed E-state index contributed by atoms with van der Waals surface area (Å²) < 4.78 is 1.06. The predicted molar refractivity (Wildman–Crippen MR) is 373 cm³/mol. The van der Waals surface area contributed by atoms with Gasteiger partial charge in [-0.1, -0.05) is 0 Å². The number of nitrogens with one attached hydrogen (secondary N) is 3. The zero-order valence-corrected chi connectivity index (χ0v) is 62.6.